The fourth-order valence-electron chi connectivity index (χ4n) is 2.08. The largest absolute Gasteiger partial charge is 0.272 e. The highest BCUT2D eigenvalue weighted by Gasteiger charge is 2.24. The highest BCUT2D eigenvalue weighted by molar-refractivity contribution is 6.00. The summed E-state index contributed by atoms with van der Waals surface area (Å²) in [5.74, 6) is -2.92. The molecule has 0 aliphatic rings. The number of carbonyl (C=O) groups excluding carboxylic acids is 2. The monoisotopic (exact) mass is 372 g/mol. The first-order valence-corrected chi connectivity index (χ1v) is 8.16. The van der Waals surface area contributed by atoms with Gasteiger partial charge in [-0.3, -0.25) is 9.59 Å². The maximum Gasteiger partial charge on any atom is 0.252 e. The number of hydrogen-bond donors (Lipinski definition) is 2. The number of hydrogen-bond acceptors (Lipinski definition) is 4. The molecular weight excluding hydrogens is 354 g/mol. The first-order chi connectivity index (χ1) is 13.0. The van der Waals surface area contributed by atoms with Crippen molar-refractivity contribution in [1.29, 1.82) is 0 Å². The molecule has 2 rings (SSSR count). The van der Waals surface area contributed by atoms with Crippen LogP contribution in [0.4, 0.5) is 8.78 Å². The van der Waals surface area contributed by atoms with Crippen molar-refractivity contribution < 1.29 is 18.4 Å². The maximum absolute atomic E-state index is 12.8. The normalized spacial score (nSPS) is 11.3. The van der Waals surface area contributed by atoms with E-state index in [1.165, 1.54) is 61.0 Å². The van der Waals surface area contributed by atoms with E-state index in [1.54, 1.807) is 6.92 Å². The Morgan fingerprint density at radius 1 is 0.852 bits per heavy atom. The summed E-state index contributed by atoms with van der Waals surface area (Å²) in [6, 6.07) is 11.1. The predicted molar refractivity (Wildman–Crippen MR) is 98.1 cm³/mol. The Balaban J connectivity index is 1.87. The maximum atomic E-state index is 12.8. The minimum Gasteiger partial charge on any atom is -0.272 e. The second kappa shape index (κ2) is 9.91. The van der Waals surface area contributed by atoms with Crippen LogP contribution in [0.2, 0.25) is 0 Å². The lowest BCUT2D eigenvalue weighted by Crippen LogP contribution is -2.37. The van der Waals surface area contributed by atoms with Gasteiger partial charge in [0.15, 0.2) is 0 Å². The zero-order chi connectivity index (χ0) is 19.6. The van der Waals surface area contributed by atoms with Crippen LogP contribution in [0.25, 0.3) is 0 Å². The van der Waals surface area contributed by atoms with Gasteiger partial charge in [0.25, 0.3) is 11.8 Å². The second-order valence-electron chi connectivity index (χ2n) is 5.53. The van der Waals surface area contributed by atoms with Gasteiger partial charge in [0, 0.05) is 0 Å². The van der Waals surface area contributed by atoms with Crippen molar-refractivity contribution in [2.75, 3.05) is 0 Å². The molecule has 0 aromatic heterocycles. The summed E-state index contributed by atoms with van der Waals surface area (Å²) in [7, 11) is 0. The molecule has 8 heteroatoms. The second-order valence-corrected chi connectivity index (χ2v) is 5.53. The number of halogens is 2. The Hall–Kier alpha value is -3.42. The van der Waals surface area contributed by atoms with Crippen LogP contribution in [0.5, 0.6) is 0 Å². The van der Waals surface area contributed by atoms with Gasteiger partial charge in [0.1, 0.15) is 17.6 Å². The molecule has 6 nitrogen and oxygen atoms in total. The lowest BCUT2D eigenvalue weighted by Gasteiger charge is -2.10. The SMILES string of the molecule is CCC(C(=O)N/N=C\c1ccc(F)cc1)C(=O)N/N=C\c1ccc(F)cc1. The summed E-state index contributed by atoms with van der Waals surface area (Å²) in [4.78, 5) is 24.2. The Bertz CT molecular complexity index is 764. The van der Waals surface area contributed by atoms with Gasteiger partial charge in [-0.1, -0.05) is 31.2 Å². The van der Waals surface area contributed by atoms with Crippen molar-refractivity contribution in [3.8, 4) is 0 Å². The van der Waals surface area contributed by atoms with E-state index < -0.39 is 17.7 Å². The summed E-state index contributed by atoms with van der Waals surface area (Å²) in [6.07, 6.45) is 2.93. The topological polar surface area (TPSA) is 82.9 Å². The van der Waals surface area contributed by atoms with Crippen molar-refractivity contribution in [3.63, 3.8) is 0 Å². The third-order valence-corrected chi connectivity index (χ3v) is 3.56. The van der Waals surface area contributed by atoms with Crippen LogP contribution < -0.4 is 10.9 Å². The number of benzene rings is 2. The van der Waals surface area contributed by atoms with E-state index in [2.05, 4.69) is 21.1 Å². The standard InChI is InChI=1S/C19H18F2N4O2/c1-2-17(18(26)24-22-11-13-3-7-15(20)8-4-13)19(27)25-23-12-14-5-9-16(21)10-6-14/h3-12,17H,2H2,1H3,(H,24,26)(H,25,27)/b22-11-,23-12-. The van der Waals surface area contributed by atoms with Crippen LogP contribution in [0.3, 0.4) is 0 Å². The number of nitrogens with one attached hydrogen (secondary N) is 2. The molecule has 2 amide bonds. The first kappa shape index (κ1) is 19.9. The zero-order valence-corrected chi connectivity index (χ0v) is 14.5. The van der Waals surface area contributed by atoms with Gasteiger partial charge in [0.05, 0.1) is 12.4 Å². The number of nitrogens with zero attached hydrogens (tertiary/aromatic N) is 2. The number of hydrazone groups is 2. The number of amides is 2. The molecular formula is C19H18F2N4O2. The molecule has 0 atom stereocenters. The summed E-state index contributed by atoms with van der Waals surface area (Å²) < 4.78 is 25.6. The van der Waals surface area contributed by atoms with Crippen LogP contribution in [0.15, 0.2) is 58.7 Å². The summed E-state index contributed by atoms with van der Waals surface area (Å²) in [5.41, 5.74) is 5.74. The smallest absolute Gasteiger partial charge is 0.252 e. The first-order valence-electron chi connectivity index (χ1n) is 8.16. The van der Waals surface area contributed by atoms with E-state index in [1.807, 2.05) is 0 Å². The lowest BCUT2D eigenvalue weighted by molar-refractivity contribution is -0.135. The Morgan fingerprint density at radius 3 is 1.56 bits per heavy atom. The van der Waals surface area contributed by atoms with Gasteiger partial charge < -0.3 is 0 Å². The van der Waals surface area contributed by atoms with E-state index in [0.717, 1.165) is 0 Å². The minimum absolute atomic E-state index is 0.246. The molecule has 0 fully saturated rings. The van der Waals surface area contributed by atoms with Gasteiger partial charge >= 0.3 is 0 Å². The lowest BCUT2D eigenvalue weighted by atomic mass is 10.1. The van der Waals surface area contributed by atoms with Gasteiger partial charge in [-0.2, -0.15) is 10.2 Å². The molecule has 2 N–H and O–H groups in total. The molecule has 0 spiro atoms. The predicted octanol–water partition coefficient (Wildman–Crippen LogP) is 2.59. The van der Waals surface area contributed by atoms with Gasteiger partial charge in [-0.15, -0.1) is 0 Å². The number of rotatable bonds is 7. The van der Waals surface area contributed by atoms with Crippen molar-refractivity contribution in [2.45, 2.75) is 13.3 Å². The average Bonchev–Trinajstić information content (AvgIpc) is 2.65. The summed E-state index contributed by atoms with van der Waals surface area (Å²) in [6.45, 7) is 1.68. The molecule has 0 bridgehead atoms. The third kappa shape index (κ3) is 6.43. The Morgan fingerprint density at radius 2 is 1.22 bits per heavy atom. The molecule has 0 saturated carbocycles. The molecule has 2 aromatic carbocycles. The van der Waals surface area contributed by atoms with E-state index in [-0.39, 0.29) is 18.1 Å². The van der Waals surface area contributed by atoms with Crippen molar-refractivity contribution in [2.24, 2.45) is 16.1 Å². The van der Waals surface area contributed by atoms with Crippen LogP contribution in [0.1, 0.15) is 24.5 Å². The third-order valence-electron chi connectivity index (χ3n) is 3.56. The molecule has 0 heterocycles. The molecule has 0 saturated heterocycles. The summed E-state index contributed by atoms with van der Waals surface area (Å²) >= 11 is 0. The van der Waals surface area contributed by atoms with E-state index >= 15 is 0 Å². The Kier molecular flexibility index (Phi) is 7.30. The molecule has 0 radical (unpaired) electrons. The fraction of sp³-hybridized carbons (Fsp3) is 0.158. The minimum atomic E-state index is -0.985. The van der Waals surface area contributed by atoms with Crippen LogP contribution in [-0.2, 0) is 9.59 Å². The molecule has 0 aliphatic heterocycles. The van der Waals surface area contributed by atoms with E-state index in [0.29, 0.717) is 11.1 Å². The van der Waals surface area contributed by atoms with Gasteiger partial charge in [-0.05, 0) is 41.8 Å². The van der Waals surface area contributed by atoms with Crippen LogP contribution in [0, 0.1) is 17.6 Å². The van der Waals surface area contributed by atoms with Crippen LogP contribution >= 0.6 is 0 Å². The van der Waals surface area contributed by atoms with E-state index in [9.17, 15) is 18.4 Å². The quantitative estimate of drug-likeness (QED) is 0.445. The van der Waals surface area contributed by atoms with Crippen molar-refractivity contribution >= 4 is 24.2 Å². The van der Waals surface area contributed by atoms with Gasteiger partial charge in [0.2, 0.25) is 0 Å². The fourth-order valence-corrected chi connectivity index (χ4v) is 2.08. The molecule has 0 unspecified atom stereocenters. The molecule has 140 valence electrons. The van der Waals surface area contributed by atoms with E-state index in [4.69, 9.17) is 0 Å². The average molecular weight is 372 g/mol. The molecule has 2 aromatic rings. The Labute approximate surface area is 155 Å². The summed E-state index contributed by atoms with van der Waals surface area (Å²) in [5, 5.41) is 7.52. The van der Waals surface area contributed by atoms with Crippen molar-refractivity contribution in [3.05, 3.63) is 71.3 Å². The number of carbonyl (C=O) groups is 2. The highest BCUT2D eigenvalue weighted by atomic mass is 19.1. The highest BCUT2D eigenvalue weighted by Crippen LogP contribution is 2.04. The zero-order valence-electron chi connectivity index (χ0n) is 14.5. The van der Waals surface area contributed by atoms with Gasteiger partial charge in [-0.25, -0.2) is 19.6 Å². The van der Waals surface area contributed by atoms with Crippen molar-refractivity contribution in [1.82, 2.24) is 10.9 Å². The molecule has 0 aliphatic carbocycles. The molecule has 27 heavy (non-hydrogen) atoms. The van der Waals surface area contributed by atoms with Crippen LogP contribution in [-0.4, -0.2) is 24.2 Å².